The lowest BCUT2D eigenvalue weighted by Gasteiger charge is -2.09. The van der Waals surface area contributed by atoms with Crippen molar-refractivity contribution >= 4 is 17.5 Å². The molecule has 5 nitrogen and oxygen atoms in total. The normalized spacial score (nSPS) is 9.73. The second-order valence-electron chi connectivity index (χ2n) is 3.04. The predicted octanol–water partition coefficient (Wildman–Crippen LogP) is 1.27. The van der Waals surface area contributed by atoms with E-state index in [2.05, 4.69) is 15.0 Å². The van der Waals surface area contributed by atoms with Crippen molar-refractivity contribution in [3.05, 3.63) is 17.8 Å². The maximum absolute atomic E-state index is 11.3. The van der Waals surface area contributed by atoms with Crippen LogP contribution in [-0.2, 0) is 4.74 Å². The van der Waals surface area contributed by atoms with Crippen molar-refractivity contribution < 1.29 is 9.53 Å². The molecule has 15 heavy (non-hydrogen) atoms. The number of nitrogens with two attached hydrogens (primary N) is 1. The van der Waals surface area contributed by atoms with Crippen LogP contribution in [0, 0.1) is 0 Å². The Morgan fingerprint density at radius 1 is 1.67 bits per heavy atom. The number of rotatable bonds is 4. The average Bonchev–Trinajstić information content (AvgIpc) is 2.27. The molecule has 0 amide bonds. The number of anilines is 2. The van der Waals surface area contributed by atoms with E-state index >= 15 is 0 Å². The summed E-state index contributed by atoms with van der Waals surface area (Å²) in [4.78, 5) is 15.4. The van der Waals surface area contributed by atoms with Crippen LogP contribution in [0.1, 0.15) is 23.7 Å². The average molecular weight is 209 g/mol. The molecule has 1 aromatic rings. The second-order valence-corrected chi connectivity index (χ2v) is 3.04. The molecule has 3 N–H and O–H groups in total. The van der Waals surface area contributed by atoms with E-state index in [0.29, 0.717) is 17.1 Å². The van der Waals surface area contributed by atoms with Gasteiger partial charge in [0.05, 0.1) is 18.4 Å². The van der Waals surface area contributed by atoms with Gasteiger partial charge >= 0.3 is 5.97 Å². The number of nitrogen functional groups attached to an aromatic ring is 1. The largest absolute Gasteiger partial charge is 0.465 e. The summed E-state index contributed by atoms with van der Waals surface area (Å²) in [6.45, 7) is 2.80. The van der Waals surface area contributed by atoms with E-state index in [1.165, 1.54) is 19.4 Å². The van der Waals surface area contributed by atoms with E-state index in [4.69, 9.17) is 5.73 Å². The minimum absolute atomic E-state index is 0.331. The van der Waals surface area contributed by atoms with Crippen LogP contribution in [0.3, 0.4) is 0 Å². The van der Waals surface area contributed by atoms with Crippen LogP contribution in [0.5, 0.6) is 0 Å². The molecule has 0 bridgehead atoms. The number of carbonyl (C=O) groups is 1. The van der Waals surface area contributed by atoms with E-state index in [1.54, 1.807) is 0 Å². The number of hydrogen-bond donors (Lipinski definition) is 2. The van der Waals surface area contributed by atoms with Gasteiger partial charge in [0.2, 0.25) is 0 Å². The van der Waals surface area contributed by atoms with Gasteiger partial charge in [0.15, 0.2) is 0 Å². The highest BCUT2D eigenvalue weighted by Crippen LogP contribution is 2.20. The molecule has 0 spiro atoms. The Kier molecular flexibility index (Phi) is 3.91. The lowest BCUT2D eigenvalue weighted by molar-refractivity contribution is 0.0602. The third-order valence-corrected chi connectivity index (χ3v) is 1.94. The van der Waals surface area contributed by atoms with E-state index < -0.39 is 5.97 Å². The molecule has 0 aliphatic rings. The minimum Gasteiger partial charge on any atom is -0.465 e. The number of pyridine rings is 1. The summed E-state index contributed by atoms with van der Waals surface area (Å²) < 4.78 is 4.60. The number of nitrogens with zero attached hydrogens (tertiary/aromatic N) is 1. The number of aromatic nitrogens is 1. The molecule has 1 aromatic heterocycles. The zero-order valence-corrected chi connectivity index (χ0v) is 8.91. The van der Waals surface area contributed by atoms with Crippen molar-refractivity contribution in [1.29, 1.82) is 0 Å². The third kappa shape index (κ3) is 2.59. The van der Waals surface area contributed by atoms with E-state index in [1.807, 2.05) is 6.92 Å². The summed E-state index contributed by atoms with van der Waals surface area (Å²) in [5, 5.41) is 3.04. The first kappa shape index (κ1) is 11.3. The molecule has 0 aromatic carbocycles. The Labute approximate surface area is 88.6 Å². The summed E-state index contributed by atoms with van der Waals surface area (Å²) in [6, 6.07) is 1.54. The first-order valence-electron chi connectivity index (χ1n) is 4.77. The van der Waals surface area contributed by atoms with Gasteiger partial charge in [-0.05, 0) is 12.5 Å². The molecule has 5 heteroatoms. The Balaban J connectivity index is 2.95. The van der Waals surface area contributed by atoms with Gasteiger partial charge in [0.1, 0.15) is 5.82 Å². The fraction of sp³-hybridized carbons (Fsp3) is 0.400. The van der Waals surface area contributed by atoms with Crippen LogP contribution in [0.25, 0.3) is 0 Å². The fourth-order valence-electron chi connectivity index (χ4n) is 1.15. The van der Waals surface area contributed by atoms with Gasteiger partial charge in [0, 0.05) is 12.7 Å². The lowest BCUT2D eigenvalue weighted by atomic mass is 10.2. The molecule has 0 unspecified atom stereocenters. The van der Waals surface area contributed by atoms with Gasteiger partial charge in [-0.3, -0.25) is 0 Å². The molecule has 0 radical (unpaired) electrons. The maximum atomic E-state index is 11.3. The number of carbonyl (C=O) groups excluding carboxylic acids is 1. The highest BCUT2D eigenvalue weighted by molar-refractivity contribution is 5.97. The van der Waals surface area contributed by atoms with Crippen LogP contribution in [0.4, 0.5) is 11.5 Å². The first-order chi connectivity index (χ1) is 7.20. The lowest BCUT2D eigenvalue weighted by Crippen LogP contribution is -2.11. The van der Waals surface area contributed by atoms with Crippen LogP contribution in [0.2, 0.25) is 0 Å². The maximum Gasteiger partial charge on any atom is 0.340 e. The second kappa shape index (κ2) is 5.19. The monoisotopic (exact) mass is 209 g/mol. The van der Waals surface area contributed by atoms with Gasteiger partial charge in [0.25, 0.3) is 0 Å². The standard InChI is InChI=1S/C10H15N3O2/c1-3-5-12-9-8(11)7(4-6-13-9)10(14)15-2/h4,6H,3,5,11H2,1-2H3,(H,12,13). The SMILES string of the molecule is CCCNc1nccc(C(=O)OC)c1N. The summed E-state index contributed by atoms with van der Waals surface area (Å²) >= 11 is 0. The quantitative estimate of drug-likeness (QED) is 0.730. The molecule has 0 atom stereocenters. The molecule has 1 rings (SSSR count). The van der Waals surface area contributed by atoms with Crippen LogP contribution in [0.15, 0.2) is 12.3 Å². The highest BCUT2D eigenvalue weighted by Gasteiger charge is 2.12. The molecule has 0 saturated heterocycles. The highest BCUT2D eigenvalue weighted by atomic mass is 16.5. The smallest absolute Gasteiger partial charge is 0.340 e. The predicted molar refractivity (Wildman–Crippen MR) is 58.8 cm³/mol. The Hall–Kier alpha value is -1.78. The van der Waals surface area contributed by atoms with Crippen LogP contribution < -0.4 is 11.1 Å². The number of esters is 1. The Bertz CT molecular complexity index is 353. The number of ether oxygens (including phenoxy) is 1. The fourth-order valence-corrected chi connectivity index (χ4v) is 1.15. The van der Waals surface area contributed by atoms with E-state index in [9.17, 15) is 4.79 Å². The van der Waals surface area contributed by atoms with Gasteiger partial charge in [-0.15, -0.1) is 0 Å². The summed E-state index contributed by atoms with van der Waals surface area (Å²) in [7, 11) is 1.32. The van der Waals surface area contributed by atoms with E-state index in [0.717, 1.165) is 13.0 Å². The third-order valence-electron chi connectivity index (χ3n) is 1.94. The summed E-state index contributed by atoms with van der Waals surface area (Å²) in [6.07, 6.45) is 2.49. The van der Waals surface area contributed by atoms with Crippen molar-refractivity contribution in [3.63, 3.8) is 0 Å². The molecule has 82 valence electrons. The van der Waals surface area contributed by atoms with Crippen LogP contribution >= 0.6 is 0 Å². The molecule has 1 heterocycles. The van der Waals surface area contributed by atoms with Crippen molar-refractivity contribution in [2.45, 2.75) is 13.3 Å². The summed E-state index contributed by atoms with van der Waals surface area (Å²) in [5.74, 6) is 0.0780. The molecule has 0 saturated carbocycles. The number of methoxy groups -OCH3 is 1. The van der Waals surface area contributed by atoms with Crippen molar-refractivity contribution in [2.75, 3.05) is 24.7 Å². The molecule has 0 fully saturated rings. The molecular weight excluding hydrogens is 194 g/mol. The Morgan fingerprint density at radius 3 is 3.00 bits per heavy atom. The minimum atomic E-state index is -0.450. The van der Waals surface area contributed by atoms with Gasteiger partial charge in [-0.25, -0.2) is 9.78 Å². The number of nitrogens with one attached hydrogen (secondary N) is 1. The van der Waals surface area contributed by atoms with Crippen molar-refractivity contribution in [1.82, 2.24) is 4.98 Å². The first-order valence-corrected chi connectivity index (χ1v) is 4.77. The van der Waals surface area contributed by atoms with Gasteiger partial charge < -0.3 is 15.8 Å². The van der Waals surface area contributed by atoms with Crippen molar-refractivity contribution in [2.24, 2.45) is 0 Å². The molecular formula is C10H15N3O2. The molecule has 0 aliphatic carbocycles. The summed E-state index contributed by atoms with van der Waals surface area (Å²) in [5.41, 5.74) is 6.45. The van der Waals surface area contributed by atoms with E-state index in [-0.39, 0.29) is 0 Å². The van der Waals surface area contributed by atoms with Crippen molar-refractivity contribution in [3.8, 4) is 0 Å². The topological polar surface area (TPSA) is 77.2 Å². The molecule has 0 aliphatic heterocycles. The van der Waals surface area contributed by atoms with Gasteiger partial charge in [-0.2, -0.15) is 0 Å². The van der Waals surface area contributed by atoms with Gasteiger partial charge in [-0.1, -0.05) is 6.92 Å². The zero-order chi connectivity index (χ0) is 11.3. The number of hydrogen-bond acceptors (Lipinski definition) is 5. The Morgan fingerprint density at radius 2 is 2.40 bits per heavy atom. The zero-order valence-electron chi connectivity index (χ0n) is 8.91. The van der Waals surface area contributed by atoms with Crippen LogP contribution in [-0.4, -0.2) is 24.6 Å².